The van der Waals surface area contributed by atoms with Crippen LogP contribution in [-0.4, -0.2) is 12.6 Å². The van der Waals surface area contributed by atoms with Gasteiger partial charge in [0.2, 0.25) is 0 Å². The Labute approximate surface area is 134 Å². The van der Waals surface area contributed by atoms with Crippen LogP contribution >= 0.6 is 0 Å². The zero-order chi connectivity index (χ0) is 15.6. The molecule has 0 saturated heterocycles. The largest absolute Gasteiger partial charge is 0.314 e. The van der Waals surface area contributed by atoms with Crippen molar-refractivity contribution in [1.82, 2.24) is 5.32 Å². The highest BCUT2D eigenvalue weighted by atomic mass is 14.9. The maximum Gasteiger partial charge on any atom is 0.0100 e. The van der Waals surface area contributed by atoms with Crippen LogP contribution in [0.4, 0.5) is 0 Å². The molecule has 1 rings (SSSR count). The topological polar surface area (TPSA) is 12.0 Å². The third-order valence-electron chi connectivity index (χ3n) is 5.32. The maximum absolute atomic E-state index is 3.89. The molecule has 126 valence electrons. The maximum atomic E-state index is 3.89. The van der Waals surface area contributed by atoms with E-state index in [0.29, 0.717) is 5.41 Å². The van der Waals surface area contributed by atoms with Gasteiger partial charge in [-0.05, 0) is 37.1 Å². The van der Waals surface area contributed by atoms with Crippen molar-refractivity contribution in [2.24, 2.45) is 11.3 Å². The molecule has 1 heteroatoms. The van der Waals surface area contributed by atoms with Crippen LogP contribution in [0.3, 0.4) is 0 Å². The van der Waals surface area contributed by atoms with E-state index in [4.69, 9.17) is 0 Å². The first-order valence-corrected chi connectivity index (χ1v) is 9.79. The highest BCUT2D eigenvalue weighted by Crippen LogP contribution is 2.37. The van der Waals surface area contributed by atoms with Gasteiger partial charge in [0.25, 0.3) is 0 Å². The van der Waals surface area contributed by atoms with Gasteiger partial charge in [0.15, 0.2) is 0 Å². The SMILES string of the molecule is CCCCCCCCCCNC1CCCCC1C(C)(C)C. The van der Waals surface area contributed by atoms with Crippen molar-refractivity contribution in [2.75, 3.05) is 6.54 Å². The Balaban J connectivity index is 2.05. The molecular formula is C20H41N. The number of unbranched alkanes of at least 4 members (excludes halogenated alkanes) is 7. The van der Waals surface area contributed by atoms with Crippen molar-refractivity contribution in [1.29, 1.82) is 0 Å². The van der Waals surface area contributed by atoms with Crippen LogP contribution in [0.2, 0.25) is 0 Å². The van der Waals surface area contributed by atoms with Gasteiger partial charge in [-0.15, -0.1) is 0 Å². The first-order chi connectivity index (χ1) is 10.1. The molecule has 0 aromatic rings. The summed E-state index contributed by atoms with van der Waals surface area (Å²) in [7, 11) is 0. The molecule has 1 N–H and O–H groups in total. The van der Waals surface area contributed by atoms with Gasteiger partial charge in [0.05, 0.1) is 0 Å². The fraction of sp³-hybridized carbons (Fsp3) is 1.00. The molecule has 0 aliphatic heterocycles. The molecule has 0 bridgehead atoms. The third-order valence-corrected chi connectivity index (χ3v) is 5.32. The molecule has 1 fully saturated rings. The lowest BCUT2D eigenvalue weighted by Crippen LogP contribution is -2.44. The van der Waals surface area contributed by atoms with E-state index in [0.717, 1.165) is 12.0 Å². The normalized spacial score (nSPS) is 23.4. The van der Waals surface area contributed by atoms with Crippen LogP contribution in [-0.2, 0) is 0 Å². The molecule has 0 radical (unpaired) electrons. The number of hydrogen-bond donors (Lipinski definition) is 1. The first kappa shape index (κ1) is 19.0. The molecule has 2 atom stereocenters. The molecule has 1 nitrogen and oxygen atoms in total. The average molecular weight is 296 g/mol. The minimum atomic E-state index is 0.470. The summed E-state index contributed by atoms with van der Waals surface area (Å²) in [6.45, 7) is 10.8. The van der Waals surface area contributed by atoms with E-state index in [1.54, 1.807) is 0 Å². The lowest BCUT2D eigenvalue weighted by atomic mass is 9.69. The van der Waals surface area contributed by atoms with Gasteiger partial charge in [0, 0.05) is 6.04 Å². The Morgan fingerprint density at radius 2 is 1.38 bits per heavy atom. The van der Waals surface area contributed by atoms with Crippen LogP contribution in [0, 0.1) is 11.3 Å². The second-order valence-electron chi connectivity index (χ2n) is 8.29. The first-order valence-electron chi connectivity index (χ1n) is 9.79. The molecule has 0 spiro atoms. The Hall–Kier alpha value is -0.0400. The monoisotopic (exact) mass is 295 g/mol. The molecule has 21 heavy (non-hydrogen) atoms. The third kappa shape index (κ3) is 8.24. The van der Waals surface area contributed by atoms with Crippen LogP contribution in [0.15, 0.2) is 0 Å². The van der Waals surface area contributed by atoms with Gasteiger partial charge in [-0.1, -0.05) is 85.5 Å². The molecule has 0 amide bonds. The van der Waals surface area contributed by atoms with E-state index in [9.17, 15) is 0 Å². The highest BCUT2D eigenvalue weighted by molar-refractivity contribution is 4.88. The molecule has 0 heterocycles. The van der Waals surface area contributed by atoms with E-state index >= 15 is 0 Å². The second-order valence-corrected chi connectivity index (χ2v) is 8.29. The summed E-state index contributed by atoms with van der Waals surface area (Å²) in [5, 5.41) is 3.89. The van der Waals surface area contributed by atoms with Crippen LogP contribution in [0.5, 0.6) is 0 Å². The van der Waals surface area contributed by atoms with Crippen molar-refractivity contribution in [3.05, 3.63) is 0 Å². The van der Waals surface area contributed by atoms with E-state index < -0.39 is 0 Å². The van der Waals surface area contributed by atoms with Crippen LogP contribution in [0.1, 0.15) is 105 Å². The summed E-state index contributed by atoms with van der Waals surface area (Å²) in [5.41, 5.74) is 0.470. The summed E-state index contributed by atoms with van der Waals surface area (Å²) in [6.07, 6.45) is 17.1. The van der Waals surface area contributed by atoms with Gasteiger partial charge in [-0.3, -0.25) is 0 Å². The van der Waals surface area contributed by atoms with Crippen LogP contribution < -0.4 is 5.32 Å². The van der Waals surface area contributed by atoms with Gasteiger partial charge >= 0.3 is 0 Å². The van der Waals surface area contributed by atoms with Gasteiger partial charge in [0.1, 0.15) is 0 Å². The summed E-state index contributed by atoms with van der Waals surface area (Å²) in [6, 6.07) is 0.781. The van der Waals surface area contributed by atoms with Gasteiger partial charge < -0.3 is 5.32 Å². The lowest BCUT2D eigenvalue weighted by Gasteiger charge is -2.41. The van der Waals surface area contributed by atoms with Gasteiger partial charge in [-0.25, -0.2) is 0 Å². The Bertz CT molecular complexity index is 241. The minimum Gasteiger partial charge on any atom is -0.314 e. The summed E-state index contributed by atoms with van der Waals surface area (Å²) < 4.78 is 0. The molecule has 2 unspecified atom stereocenters. The fourth-order valence-electron chi connectivity index (χ4n) is 3.96. The Kier molecular flexibility index (Phi) is 9.64. The number of hydrogen-bond acceptors (Lipinski definition) is 1. The zero-order valence-electron chi connectivity index (χ0n) is 15.3. The van der Waals surface area contributed by atoms with E-state index in [1.807, 2.05) is 0 Å². The molecule has 0 aromatic heterocycles. The van der Waals surface area contributed by atoms with Crippen molar-refractivity contribution in [2.45, 2.75) is 111 Å². The summed E-state index contributed by atoms with van der Waals surface area (Å²) >= 11 is 0. The zero-order valence-corrected chi connectivity index (χ0v) is 15.3. The van der Waals surface area contributed by atoms with Crippen LogP contribution in [0.25, 0.3) is 0 Å². The summed E-state index contributed by atoms with van der Waals surface area (Å²) in [5.74, 6) is 0.875. The predicted octanol–water partition coefficient (Wildman–Crippen LogP) is 6.32. The van der Waals surface area contributed by atoms with Crippen molar-refractivity contribution < 1.29 is 0 Å². The van der Waals surface area contributed by atoms with Crippen molar-refractivity contribution in [3.63, 3.8) is 0 Å². The molecule has 0 aromatic carbocycles. The molecule has 1 saturated carbocycles. The van der Waals surface area contributed by atoms with E-state index in [1.165, 1.54) is 83.6 Å². The standard InChI is InChI=1S/C20H41N/c1-5-6-7-8-9-10-11-14-17-21-19-16-13-12-15-18(19)20(2,3)4/h18-19,21H,5-17H2,1-4H3. The minimum absolute atomic E-state index is 0.470. The Morgan fingerprint density at radius 3 is 2.00 bits per heavy atom. The highest BCUT2D eigenvalue weighted by Gasteiger charge is 2.33. The smallest absolute Gasteiger partial charge is 0.0100 e. The Morgan fingerprint density at radius 1 is 0.810 bits per heavy atom. The predicted molar refractivity (Wildman–Crippen MR) is 95.8 cm³/mol. The molecular weight excluding hydrogens is 254 g/mol. The fourth-order valence-corrected chi connectivity index (χ4v) is 3.96. The van der Waals surface area contributed by atoms with Gasteiger partial charge in [-0.2, -0.15) is 0 Å². The lowest BCUT2D eigenvalue weighted by molar-refractivity contribution is 0.131. The second kappa shape index (κ2) is 10.6. The van der Waals surface area contributed by atoms with E-state index in [-0.39, 0.29) is 0 Å². The van der Waals surface area contributed by atoms with Crippen molar-refractivity contribution >= 4 is 0 Å². The number of rotatable bonds is 10. The van der Waals surface area contributed by atoms with E-state index in [2.05, 4.69) is 33.0 Å². The number of nitrogens with one attached hydrogen (secondary N) is 1. The average Bonchev–Trinajstić information content (AvgIpc) is 2.45. The molecule has 1 aliphatic carbocycles. The van der Waals surface area contributed by atoms with Crippen molar-refractivity contribution in [3.8, 4) is 0 Å². The quantitative estimate of drug-likeness (QED) is 0.465. The molecule has 1 aliphatic rings. The summed E-state index contributed by atoms with van der Waals surface area (Å²) in [4.78, 5) is 0.